The number of nitrogens with one attached hydrogen (secondary N) is 3. The van der Waals surface area contributed by atoms with E-state index >= 15 is 0 Å². The Balaban J connectivity index is 0.748. The van der Waals surface area contributed by atoms with Crippen LogP contribution in [0.4, 0.5) is 23.3 Å². The minimum atomic E-state index is -1.08. The lowest BCUT2D eigenvalue weighted by molar-refractivity contribution is -0.129. The maximum atomic E-state index is 13.3. The number of amides is 3. The Hall–Kier alpha value is -5.56. The highest BCUT2D eigenvalue weighted by Crippen LogP contribution is 2.35. The molecule has 64 heavy (non-hydrogen) atoms. The Morgan fingerprint density at radius 1 is 1.00 bits per heavy atom. The van der Waals surface area contributed by atoms with Crippen LogP contribution in [0.3, 0.4) is 0 Å². The Kier molecular flexibility index (Phi) is 12.4. The van der Waals surface area contributed by atoms with Crippen molar-refractivity contribution in [2.75, 3.05) is 61.5 Å². The number of aliphatic hydroxyl groups is 1. The Morgan fingerprint density at radius 3 is 2.53 bits per heavy atom. The number of rotatable bonds is 12. The van der Waals surface area contributed by atoms with E-state index in [1.54, 1.807) is 21.7 Å². The highest BCUT2D eigenvalue weighted by molar-refractivity contribution is 6.33. The first kappa shape index (κ1) is 43.7. The van der Waals surface area contributed by atoms with Crippen molar-refractivity contribution in [3.63, 3.8) is 0 Å². The number of carbonyl (C=O) groups is 3. The first-order chi connectivity index (χ1) is 30.8. The lowest BCUT2D eigenvalue weighted by atomic mass is 9.86. The third-order valence-corrected chi connectivity index (χ3v) is 13.6. The smallest absolute Gasteiger partial charge is 0.293 e. The van der Waals surface area contributed by atoms with Crippen LogP contribution in [0.1, 0.15) is 81.4 Å². The van der Waals surface area contributed by atoms with Crippen molar-refractivity contribution in [2.24, 2.45) is 0 Å². The van der Waals surface area contributed by atoms with Crippen molar-refractivity contribution in [3.05, 3.63) is 69.2 Å². The number of aliphatic hydroxyl groups excluding tert-OH is 1. The minimum absolute atomic E-state index is 0.0933. The van der Waals surface area contributed by atoms with Gasteiger partial charge in [0, 0.05) is 75.4 Å². The van der Waals surface area contributed by atoms with Gasteiger partial charge in [0.25, 0.3) is 17.4 Å². The number of hydrogen-bond donors (Lipinski definition) is 4. The van der Waals surface area contributed by atoms with Gasteiger partial charge in [0.15, 0.2) is 18.2 Å². The van der Waals surface area contributed by atoms with E-state index in [-0.39, 0.29) is 66.3 Å². The minimum Gasteiger partial charge on any atom is -0.478 e. The number of hydrogen-bond acceptors (Lipinski definition) is 14. The molecule has 9 rings (SSSR count). The van der Waals surface area contributed by atoms with Gasteiger partial charge in [0.05, 0.1) is 47.8 Å². The summed E-state index contributed by atoms with van der Waals surface area (Å²) in [6.45, 7) is 10.3. The van der Waals surface area contributed by atoms with Gasteiger partial charge in [-0.05, 0) is 89.3 Å². The van der Waals surface area contributed by atoms with E-state index in [1.165, 1.54) is 7.05 Å². The van der Waals surface area contributed by atoms with E-state index < -0.39 is 12.3 Å². The Morgan fingerprint density at radius 2 is 1.80 bits per heavy atom. The summed E-state index contributed by atoms with van der Waals surface area (Å²) in [6.07, 6.45) is 5.41. The largest absolute Gasteiger partial charge is 0.478 e. The van der Waals surface area contributed by atoms with Gasteiger partial charge in [-0.3, -0.25) is 24.1 Å². The summed E-state index contributed by atoms with van der Waals surface area (Å²) in [5, 5.41) is 20.0. The standard InChI is InChI=1S/C45H56ClN11O7/c1-25(2)57-35-7-5-28(17-27(35)18-37(44(57)62)63-24-40(59)47-4)49-41-33(46)21-48-45(52-41)53-13-11-30(12-14-53)64-31-19-29(20-31)54-15-16-55(26(3)22-54)38-9-6-32-34(50-38)23-56(43(32)61)36-8-10-39(58)51-42(36)60/h5-7,9,17-18,21,25-26,29-31,36,42,60H,8,10-16,19-20,22-24H2,1-4H3,(H,47,59)(H,51,58)(H,48,49,52)/t26-,29-,31-,36?,42?/m1/s1. The number of benzene rings is 1. The zero-order valence-electron chi connectivity index (χ0n) is 36.6. The third kappa shape index (κ3) is 8.80. The topological polar surface area (TPSA) is 200 Å². The SMILES string of the molecule is CNC(=O)COc1cc2cc(Nc3nc(N4CCC(O[C@H]5C[C@H](N6CCN(c7ccc8c(n7)CN(C7CCC(=O)NC7O)C8=O)[C@H](C)C6)C5)CC4)ncc3Cl)ccc2n(C(C)C)c1=O. The second kappa shape index (κ2) is 18.1. The molecule has 3 atom stereocenters. The molecule has 18 nitrogen and oxygen atoms in total. The molecular weight excluding hydrogens is 842 g/mol. The maximum Gasteiger partial charge on any atom is 0.293 e. The van der Waals surface area contributed by atoms with Gasteiger partial charge in [0.1, 0.15) is 17.1 Å². The number of carbonyl (C=O) groups excluding carboxylic acids is 3. The molecule has 3 amide bonds. The number of anilines is 4. The fourth-order valence-corrected chi connectivity index (χ4v) is 9.89. The second-order valence-electron chi connectivity index (χ2n) is 17.8. The molecule has 7 heterocycles. The van der Waals surface area contributed by atoms with E-state index in [2.05, 4.69) is 42.6 Å². The molecule has 0 radical (unpaired) electrons. The van der Waals surface area contributed by atoms with Crippen molar-refractivity contribution in [1.82, 2.24) is 40.0 Å². The number of fused-ring (bicyclic) bond motifs is 2. The van der Waals surface area contributed by atoms with Gasteiger partial charge >= 0.3 is 0 Å². The van der Waals surface area contributed by atoms with Crippen LogP contribution in [-0.4, -0.2) is 135 Å². The summed E-state index contributed by atoms with van der Waals surface area (Å²) < 4.78 is 13.9. The quantitative estimate of drug-likeness (QED) is 0.161. The molecule has 4 N–H and O–H groups in total. The molecule has 4 aliphatic heterocycles. The van der Waals surface area contributed by atoms with Gasteiger partial charge in [-0.2, -0.15) is 4.98 Å². The number of ether oxygens (including phenoxy) is 2. The van der Waals surface area contributed by atoms with Crippen molar-refractivity contribution in [2.45, 2.75) is 108 Å². The molecule has 5 aliphatic rings. The van der Waals surface area contributed by atoms with Crippen LogP contribution >= 0.6 is 11.6 Å². The predicted octanol–water partition coefficient (Wildman–Crippen LogP) is 3.57. The fraction of sp³-hybridized carbons (Fsp3) is 0.533. The van der Waals surface area contributed by atoms with Gasteiger partial charge < -0.3 is 49.8 Å². The zero-order valence-corrected chi connectivity index (χ0v) is 37.4. The van der Waals surface area contributed by atoms with Crippen molar-refractivity contribution in [1.29, 1.82) is 0 Å². The summed E-state index contributed by atoms with van der Waals surface area (Å²) in [5.41, 5.74) is 2.43. The summed E-state index contributed by atoms with van der Waals surface area (Å²) in [7, 11) is 1.52. The number of piperidine rings is 2. The molecule has 3 saturated heterocycles. The van der Waals surface area contributed by atoms with Crippen molar-refractivity contribution >= 4 is 63.5 Å². The van der Waals surface area contributed by atoms with Gasteiger partial charge in [-0.1, -0.05) is 11.6 Å². The lowest BCUT2D eigenvalue weighted by Gasteiger charge is -2.49. The fourth-order valence-electron chi connectivity index (χ4n) is 9.75. The van der Waals surface area contributed by atoms with E-state index in [4.69, 9.17) is 31.0 Å². The van der Waals surface area contributed by atoms with E-state index in [0.29, 0.717) is 47.0 Å². The number of pyridine rings is 2. The van der Waals surface area contributed by atoms with Gasteiger partial charge in [-0.15, -0.1) is 0 Å². The van der Waals surface area contributed by atoms with Crippen LogP contribution in [0.2, 0.25) is 5.02 Å². The van der Waals surface area contributed by atoms with Crippen LogP contribution < -0.4 is 36.0 Å². The normalized spacial score (nSPS) is 24.2. The third-order valence-electron chi connectivity index (χ3n) is 13.3. The summed E-state index contributed by atoms with van der Waals surface area (Å²) >= 11 is 6.61. The first-order valence-electron chi connectivity index (χ1n) is 22.3. The van der Waals surface area contributed by atoms with Crippen molar-refractivity contribution in [3.8, 4) is 5.75 Å². The molecule has 3 aromatic heterocycles. The van der Waals surface area contributed by atoms with Crippen LogP contribution in [-0.2, 0) is 20.9 Å². The van der Waals surface area contributed by atoms with Gasteiger partial charge in [-0.25, -0.2) is 9.97 Å². The molecule has 4 fully saturated rings. The molecule has 0 bridgehead atoms. The average molecular weight is 898 g/mol. The lowest BCUT2D eigenvalue weighted by Crippen LogP contribution is -2.59. The Labute approximate surface area is 376 Å². The summed E-state index contributed by atoms with van der Waals surface area (Å²) in [4.78, 5) is 73.1. The molecule has 340 valence electrons. The van der Waals surface area contributed by atoms with Crippen LogP contribution in [0.25, 0.3) is 10.9 Å². The average Bonchev–Trinajstić information content (AvgIpc) is 3.59. The predicted molar refractivity (Wildman–Crippen MR) is 241 cm³/mol. The monoisotopic (exact) mass is 897 g/mol. The van der Waals surface area contributed by atoms with Gasteiger partial charge in [0.2, 0.25) is 11.9 Å². The van der Waals surface area contributed by atoms with E-state index in [0.717, 1.165) is 80.8 Å². The van der Waals surface area contributed by atoms with Crippen LogP contribution in [0.15, 0.2) is 47.4 Å². The highest BCUT2D eigenvalue weighted by Gasteiger charge is 2.42. The Bertz CT molecular complexity index is 2490. The summed E-state index contributed by atoms with van der Waals surface area (Å²) in [5.74, 6) is 1.33. The van der Waals surface area contributed by atoms with Crippen LogP contribution in [0, 0.1) is 0 Å². The van der Waals surface area contributed by atoms with Crippen molar-refractivity contribution < 1.29 is 29.0 Å². The number of likely N-dealkylation sites (N-methyl/N-ethyl adjacent to an activating group) is 1. The molecule has 4 aromatic rings. The first-order valence-corrected chi connectivity index (χ1v) is 22.7. The zero-order chi connectivity index (χ0) is 44.8. The maximum absolute atomic E-state index is 13.3. The van der Waals surface area contributed by atoms with Crippen LogP contribution in [0.5, 0.6) is 5.75 Å². The summed E-state index contributed by atoms with van der Waals surface area (Å²) in [6, 6.07) is 11.2. The highest BCUT2D eigenvalue weighted by atomic mass is 35.5. The second-order valence-corrected chi connectivity index (χ2v) is 18.2. The molecule has 1 aliphatic carbocycles. The molecular formula is C45H56ClN11O7. The molecule has 2 unspecified atom stereocenters. The number of halogens is 1. The van der Waals surface area contributed by atoms with E-state index in [1.807, 2.05) is 44.2 Å². The van der Waals surface area contributed by atoms with E-state index in [9.17, 15) is 24.3 Å². The molecule has 0 spiro atoms. The number of aromatic nitrogens is 4. The molecule has 1 aromatic carbocycles. The molecule has 1 saturated carbocycles. The number of piperazine rings is 1. The molecule has 19 heteroatoms. The number of nitrogens with zero attached hydrogens (tertiary/aromatic N) is 8.